The Bertz CT molecular complexity index is 463. The van der Waals surface area contributed by atoms with Gasteiger partial charge in [0.25, 0.3) is 5.91 Å². The Morgan fingerprint density at radius 2 is 1.91 bits per heavy atom. The standard InChI is InChI=1S/C15H24N2O5/c1-4-12(22-9-11-8-21-11)17-13(18)15(3,5-2)16(14(17)19)6-10-7-20-10/h10-12H,4-9H2,1-3H3. The minimum absolute atomic E-state index is 0.0587. The third kappa shape index (κ3) is 2.73. The molecule has 7 nitrogen and oxygen atoms in total. The van der Waals surface area contributed by atoms with Gasteiger partial charge in [-0.2, -0.15) is 0 Å². The first-order valence-corrected chi connectivity index (χ1v) is 8.01. The first-order valence-electron chi connectivity index (χ1n) is 8.01. The van der Waals surface area contributed by atoms with Crippen molar-refractivity contribution in [3.8, 4) is 0 Å². The largest absolute Gasteiger partial charge is 0.371 e. The zero-order valence-corrected chi connectivity index (χ0v) is 13.4. The van der Waals surface area contributed by atoms with E-state index in [1.54, 1.807) is 4.90 Å². The summed E-state index contributed by atoms with van der Waals surface area (Å²) in [6.45, 7) is 7.90. The molecule has 0 aliphatic carbocycles. The molecular weight excluding hydrogens is 288 g/mol. The van der Waals surface area contributed by atoms with Crippen molar-refractivity contribution >= 4 is 11.9 Å². The van der Waals surface area contributed by atoms with E-state index in [1.165, 1.54) is 4.90 Å². The molecule has 3 saturated heterocycles. The van der Waals surface area contributed by atoms with Crippen LogP contribution in [0.5, 0.6) is 0 Å². The highest BCUT2D eigenvalue weighted by Gasteiger charge is 2.56. The molecule has 0 aromatic heterocycles. The third-order valence-corrected chi connectivity index (χ3v) is 4.70. The molecule has 4 unspecified atom stereocenters. The number of urea groups is 1. The zero-order chi connectivity index (χ0) is 15.9. The summed E-state index contributed by atoms with van der Waals surface area (Å²) in [6, 6.07) is -0.270. The van der Waals surface area contributed by atoms with Gasteiger partial charge in [0.1, 0.15) is 17.9 Å². The van der Waals surface area contributed by atoms with Crippen molar-refractivity contribution in [1.82, 2.24) is 9.80 Å². The van der Waals surface area contributed by atoms with Crippen LogP contribution in [0.15, 0.2) is 0 Å². The van der Waals surface area contributed by atoms with Crippen LogP contribution in [-0.4, -0.2) is 72.1 Å². The quantitative estimate of drug-likeness (QED) is 0.493. The number of nitrogens with zero attached hydrogens (tertiary/aromatic N) is 2. The number of hydrogen-bond acceptors (Lipinski definition) is 5. The number of carbonyl (C=O) groups is 2. The summed E-state index contributed by atoms with van der Waals surface area (Å²) in [7, 11) is 0. The van der Waals surface area contributed by atoms with E-state index >= 15 is 0 Å². The van der Waals surface area contributed by atoms with Gasteiger partial charge in [-0.3, -0.25) is 4.79 Å². The summed E-state index contributed by atoms with van der Waals surface area (Å²) < 4.78 is 16.1. The molecule has 3 heterocycles. The summed E-state index contributed by atoms with van der Waals surface area (Å²) in [6.07, 6.45) is 0.778. The van der Waals surface area contributed by atoms with E-state index in [0.29, 0.717) is 39.2 Å². The SMILES string of the molecule is CCC(OCC1CO1)N1C(=O)N(CC2CO2)C(C)(CC)C1=O. The highest BCUT2D eigenvalue weighted by molar-refractivity contribution is 6.07. The lowest BCUT2D eigenvalue weighted by atomic mass is 9.97. The second-order valence-corrected chi connectivity index (χ2v) is 6.30. The van der Waals surface area contributed by atoms with E-state index < -0.39 is 11.8 Å². The van der Waals surface area contributed by atoms with Gasteiger partial charge in [0.2, 0.25) is 0 Å². The van der Waals surface area contributed by atoms with Crippen LogP contribution in [0.25, 0.3) is 0 Å². The Morgan fingerprint density at radius 1 is 1.27 bits per heavy atom. The molecule has 0 saturated carbocycles. The number of rotatable bonds is 8. The molecule has 4 atom stereocenters. The highest BCUT2D eigenvalue weighted by atomic mass is 16.6. The number of carbonyl (C=O) groups excluding carboxylic acids is 2. The molecule has 3 aliphatic heterocycles. The molecule has 3 aliphatic rings. The first kappa shape index (κ1) is 15.7. The summed E-state index contributed by atoms with van der Waals surface area (Å²) in [5, 5.41) is 0. The van der Waals surface area contributed by atoms with Gasteiger partial charge in [-0.25, -0.2) is 9.69 Å². The monoisotopic (exact) mass is 312 g/mol. The number of ether oxygens (including phenoxy) is 3. The van der Waals surface area contributed by atoms with Crippen molar-refractivity contribution in [3.63, 3.8) is 0 Å². The molecule has 0 aromatic rings. The lowest BCUT2D eigenvalue weighted by Crippen LogP contribution is -2.48. The predicted octanol–water partition coefficient (Wildman–Crippen LogP) is 0.970. The molecular formula is C15H24N2O5. The lowest BCUT2D eigenvalue weighted by Gasteiger charge is -2.30. The maximum atomic E-state index is 12.9. The van der Waals surface area contributed by atoms with E-state index in [0.717, 1.165) is 0 Å². The van der Waals surface area contributed by atoms with Gasteiger partial charge in [0.15, 0.2) is 0 Å². The molecule has 3 rings (SSSR count). The third-order valence-electron chi connectivity index (χ3n) is 4.70. The zero-order valence-electron chi connectivity index (χ0n) is 13.4. The van der Waals surface area contributed by atoms with Crippen LogP contribution in [0.2, 0.25) is 0 Å². The van der Waals surface area contributed by atoms with E-state index in [4.69, 9.17) is 14.2 Å². The molecule has 0 aromatic carbocycles. The van der Waals surface area contributed by atoms with E-state index in [9.17, 15) is 9.59 Å². The van der Waals surface area contributed by atoms with E-state index in [1.807, 2.05) is 20.8 Å². The average molecular weight is 312 g/mol. The van der Waals surface area contributed by atoms with Gasteiger partial charge in [-0.05, 0) is 19.8 Å². The topological polar surface area (TPSA) is 74.9 Å². The van der Waals surface area contributed by atoms with Gasteiger partial charge in [0, 0.05) is 0 Å². The summed E-state index contributed by atoms with van der Waals surface area (Å²) in [5.74, 6) is -0.177. The second-order valence-electron chi connectivity index (χ2n) is 6.30. The minimum atomic E-state index is -0.810. The van der Waals surface area contributed by atoms with Crippen molar-refractivity contribution in [2.75, 3.05) is 26.4 Å². The Labute approximate surface area is 130 Å². The number of hydrogen-bond donors (Lipinski definition) is 0. The average Bonchev–Trinajstić information content (AvgIpc) is 3.40. The van der Waals surface area contributed by atoms with Gasteiger partial charge in [-0.1, -0.05) is 13.8 Å². The maximum absolute atomic E-state index is 12.9. The molecule has 0 bridgehead atoms. The Kier molecular flexibility index (Phi) is 4.13. The number of epoxide rings is 2. The van der Waals surface area contributed by atoms with Crippen molar-refractivity contribution in [2.45, 2.75) is 57.6 Å². The Hall–Kier alpha value is -1.18. The van der Waals surface area contributed by atoms with Crippen molar-refractivity contribution in [1.29, 1.82) is 0 Å². The molecule has 3 amide bonds. The van der Waals surface area contributed by atoms with Crippen molar-refractivity contribution in [2.24, 2.45) is 0 Å². The molecule has 0 N–H and O–H groups in total. The highest BCUT2D eigenvalue weighted by Crippen LogP contribution is 2.34. The fourth-order valence-electron chi connectivity index (χ4n) is 2.81. The van der Waals surface area contributed by atoms with Gasteiger partial charge < -0.3 is 19.1 Å². The van der Waals surface area contributed by atoms with Crippen LogP contribution in [0.1, 0.15) is 33.6 Å². The summed E-state index contributed by atoms with van der Waals surface area (Å²) in [4.78, 5) is 28.6. The van der Waals surface area contributed by atoms with Crippen molar-refractivity contribution in [3.05, 3.63) is 0 Å². The maximum Gasteiger partial charge on any atom is 0.329 e. The molecule has 0 spiro atoms. The number of amides is 3. The van der Waals surface area contributed by atoms with Gasteiger partial charge in [-0.15, -0.1) is 0 Å². The van der Waals surface area contributed by atoms with E-state index in [2.05, 4.69) is 0 Å². The van der Waals surface area contributed by atoms with Crippen LogP contribution in [0, 0.1) is 0 Å². The van der Waals surface area contributed by atoms with Gasteiger partial charge >= 0.3 is 6.03 Å². The van der Waals surface area contributed by atoms with Crippen LogP contribution >= 0.6 is 0 Å². The smallest absolute Gasteiger partial charge is 0.329 e. The minimum Gasteiger partial charge on any atom is -0.371 e. The summed E-state index contributed by atoms with van der Waals surface area (Å²) >= 11 is 0. The lowest BCUT2D eigenvalue weighted by molar-refractivity contribution is -0.142. The normalized spacial score (nSPS) is 35.2. The first-order chi connectivity index (χ1) is 10.5. The van der Waals surface area contributed by atoms with Crippen LogP contribution in [-0.2, 0) is 19.0 Å². The number of imide groups is 1. The predicted molar refractivity (Wildman–Crippen MR) is 77.2 cm³/mol. The van der Waals surface area contributed by atoms with Crippen LogP contribution < -0.4 is 0 Å². The molecule has 22 heavy (non-hydrogen) atoms. The Balaban J connectivity index is 1.76. The second kappa shape index (κ2) is 5.79. The fourth-order valence-corrected chi connectivity index (χ4v) is 2.81. The molecule has 124 valence electrons. The fraction of sp³-hybridized carbons (Fsp3) is 0.867. The molecule has 3 fully saturated rings. The van der Waals surface area contributed by atoms with Crippen LogP contribution in [0.3, 0.4) is 0 Å². The van der Waals surface area contributed by atoms with Crippen LogP contribution in [0.4, 0.5) is 4.79 Å². The molecule has 0 radical (unpaired) electrons. The van der Waals surface area contributed by atoms with Crippen molar-refractivity contribution < 1.29 is 23.8 Å². The molecule has 7 heteroatoms. The summed E-state index contributed by atoms with van der Waals surface area (Å²) in [5.41, 5.74) is -0.810. The van der Waals surface area contributed by atoms with E-state index in [-0.39, 0.29) is 24.1 Å². The van der Waals surface area contributed by atoms with Gasteiger partial charge in [0.05, 0.1) is 32.5 Å². The Morgan fingerprint density at radius 3 is 2.41 bits per heavy atom.